The lowest BCUT2D eigenvalue weighted by Gasteiger charge is -1.99. The standard InChI is InChI=1S/C11H11ClN2O2S/c1-7-8(5-12)4-9(16-7)11(15)14-6-10-13-2-3-17-10/h2-4H,5-6H2,1H3,(H,14,15). The summed E-state index contributed by atoms with van der Waals surface area (Å²) in [7, 11) is 0. The van der Waals surface area contributed by atoms with Crippen LogP contribution in [0.3, 0.4) is 0 Å². The van der Waals surface area contributed by atoms with E-state index in [-0.39, 0.29) is 11.7 Å². The van der Waals surface area contributed by atoms with Crippen molar-refractivity contribution in [3.63, 3.8) is 0 Å². The molecule has 0 radical (unpaired) electrons. The summed E-state index contributed by atoms with van der Waals surface area (Å²) in [5.74, 6) is 1.06. The van der Waals surface area contributed by atoms with Crippen LogP contribution in [0.4, 0.5) is 0 Å². The summed E-state index contributed by atoms with van der Waals surface area (Å²) in [6, 6.07) is 1.67. The van der Waals surface area contributed by atoms with Crippen molar-refractivity contribution in [3.8, 4) is 0 Å². The first kappa shape index (κ1) is 12.1. The zero-order chi connectivity index (χ0) is 12.3. The van der Waals surface area contributed by atoms with E-state index in [9.17, 15) is 4.79 Å². The molecule has 0 aliphatic carbocycles. The summed E-state index contributed by atoms with van der Waals surface area (Å²) in [6.07, 6.45) is 1.70. The fourth-order valence-electron chi connectivity index (χ4n) is 1.35. The predicted molar refractivity (Wildman–Crippen MR) is 66.3 cm³/mol. The highest BCUT2D eigenvalue weighted by atomic mass is 35.5. The van der Waals surface area contributed by atoms with Crippen LogP contribution in [0.1, 0.15) is 26.9 Å². The van der Waals surface area contributed by atoms with Crippen LogP contribution in [0.5, 0.6) is 0 Å². The SMILES string of the molecule is Cc1oc(C(=O)NCc2nccs2)cc1CCl. The van der Waals surface area contributed by atoms with Crippen LogP contribution in [0.15, 0.2) is 22.1 Å². The van der Waals surface area contributed by atoms with Gasteiger partial charge in [-0.25, -0.2) is 4.98 Å². The number of nitrogens with one attached hydrogen (secondary N) is 1. The second-order valence-electron chi connectivity index (χ2n) is 3.43. The van der Waals surface area contributed by atoms with Gasteiger partial charge in [0.2, 0.25) is 0 Å². The molecule has 0 aliphatic heterocycles. The van der Waals surface area contributed by atoms with Crippen molar-refractivity contribution >= 4 is 28.8 Å². The van der Waals surface area contributed by atoms with Crippen LogP contribution in [0.25, 0.3) is 0 Å². The Morgan fingerprint density at radius 1 is 1.65 bits per heavy atom. The highest BCUT2D eigenvalue weighted by molar-refractivity contribution is 7.09. The second kappa shape index (κ2) is 5.33. The highest BCUT2D eigenvalue weighted by Crippen LogP contribution is 2.16. The fraction of sp³-hybridized carbons (Fsp3) is 0.273. The summed E-state index contributed by atoms with van der Waals surface area (Å²) < 4.78 is 5.32. The highest BCUT2D eigenvalue weighted by Gasteiger charge is 2.13. The normalized spacial score (nSPS) is 10.5. The molecule has 2 aromatic rings. The smallest absolute Gasteiger partial charge is 0.287 e. The number of alkyl halides is 1. The first-order chi connectivity index (χ1) is 8.20. The lowest BCUT2D eigenvalue weighted by Crippen LogP contribution is -2.22. The average Bonchev–Trinajstić information content (AvgIpc) is 2.94. The third kappa shape index (κ3) is 2.87. The van der Waals surface area contributed by atoms with Gasteiger partial charge >= 0.3 is 0 Å². The fourth-order valence-corrected chi connectivity index (χ4v) is 2.17. The van der Waals surface area contributed by atoms with E-state index in [1.807, 2.05) is 5.38 Å². The Bertz CT molecular complexity index is 508. The Labute approximate surface area is 108 Å². The molecular formula is C11H11ClN2O2S. The Morgan fingerprint density at radius 3 is 3.06 bits per heavy atom. The number of furan rings is 1. The van der Waals surface area contributed by atoms with E-state index < -0.39 is 0 Å². The van der Waals surface area contributed by atoms with Crippen LogP contribution in [-0.4, -0.2) is 10.9 Å². The number of aromatic nitrogens is 1. The van der Waals surface area contributed by atoms with E-state index in [4.69, 9.17) is 16.0 Å². The van der Waals surface area contributed by atoms with Crippen LogP contribution < -0.4 is 5.32 Å². The number of carbonyl (C=O) groups excluding carboxylic acids is 1. The first-order valence-corrected chi connectivity index (χ1v) is 6.44. The van der Waals surface area contributed by atoms with Crippen LogP contribution >= 0.6 is 22.9 Å². The van der Waals surface area contributed by atoms with Gasteiger partial charge in [0.1, 0.15) is 10.8 Å². The number of halogens is 1. The molecule has 0 saturated heterocycles. The van der Waals surface area contributed by atoms with Crippen LogP contribution in [-0.2, 0) is 12.4 Å². The van der Waals surface area contributed by atoms with E-state index in [1.54, 1.807) is 19.2 Å². The van der Waals surface area contributed by atoms with E-state index in [2.05, 4.69) is 10.3 Å². The van der Waals surface area contributed by atoms with Crippen LogP contribution in [0.2, 0.25) is 0 Å². The summed E-state index contributed by atoms with van der Waals surface area (Å²) in [4.78, 5) is 15.8. The molecule has 90 valence electrons. The van der Waals surface area contributed by atoms with E-state index in [0.717, 1.165) is 10.6 Å². The number of hydrogen-bond acceptors (Lipinski definition) is 4. The van der Waals surface area contributed by atoms with Crippen molar-refractivity contribution in [2.45, 2.75) is 19.3 Å². The Morgan fingerprint density at radius 2 is 2.47 bits per heavy atom. The molecule has 0 atom stereocenters. The molecule has 0 saturated carbocycles. The molecule has 2 aromatic heterocycles. The zero-order valence-corrected chi connectivity index (χ0v) is 10.8. The molecule has 0 unspecified atom stereocenters. The molecule has 0 aliphatic rings. The summed E-state index contributed by atoms with van der Waals surface area (Å²) in [6.45, 7) is 2.20. The van der Waals surface area contributed by atoms with Crippen LogP contribution in [0, 0.1) is 6.92 Å². The summed E-state index contributed by atoms with van der Waals surface area (Å²) in [5.41, 5.74) is 0.839. The van der Waals surface area contributed by atoms with Crippen molar-refractivity contribution in [2.75, 3.05) is 0 Å². The zero-order valence-electron chi connectivity index (χ0n) is 9.20. The van der Waals surface area contributed by atoms with Gasteiger partial charge < -0.3 is 9.73 Å². The number of thiazole rings is 1. The lowest BCUT2D eigenvalue weighted by atomic mass is 10.3. The van der Waals surface area contributed by atoms with Gasteiger partial charge in [-0.3, -0.25) is 4.79 Å². The molecule has 1 amide bonds. The summed E-state index contributed by atoms with van der Waals surface area (Å²) >= 11 is 7.20. The Kier molecular flexibility index (Phi) is 3.81. The van der Waals surface area contributed by atoms with Gasteiger partial charge in [0.15, 0.2) is 5.76 Å². The molecule has 0 spiro atoms. The topological polar surface area (TPSA) is 55.1 Å². The van der Waals surface area contributed by atoms with Gasteiger partial charge in [-0.2, -0.15) is 0 Å². The van der Waals surface area contributed by atoms with Crippen molar-refractivity contribution in [1.29, 1.82) is 0 Å². The van der Waals surface area contributed by atoms with Crippen molar-refractivity contribution < 1.29 is 9.21 Å². The van der Waals surface area contributed by atoms with Gasteiger partial charge in [-0.15, -0.1) is 22.9 Å². The van der Waals surface area contributed by atoms with Crippen molar-refractivity contribution in [3.05, 3.63) is 39.7 Å². The van der Waals surface area contributed by atoms with Gasteiger partial charge in [0.05, 0.1) is 12.4 Å². The number of hydrogen-bond donors (Lipinski definition) is 1. The number of rotatable bonds is 4. The largest absolute Gasteiger partial charge is 0.456 e. The molecule has 17 heavy (non-hydrogen) atoms. The number of amides is 1. The maximum absolute atomic E-state index is 11.8. The van der Waals surface area contributed by atoms with Crippen molar-refractivity contribution in [1.82, 2.24) is 10.3 Å². The molecule has 2 rings (SSSR count). The third-order valence-electron chi connectivity index (χ3n) is 2.27. The minimum Gasteiger partial charge on any atom is -0.456 e. The predicted octanol–water partition coefficient (Wildman–Crippen LogP) is 2.71. The average molecular weight is 271 g/mol. The molecular weight excluding hydrogens is 260 g/mol. The lowest BCUT2D eigenvalue weighted by molar-refractivity contribution is 0.0922. The molecule has 2 heterocycles. The Hall–Kier alpha value is -1.33. The number of aryl methyl sites for hydroxylation is 1. The second-order valence-corrected chi connectivity index (χ2v) is 4.68. The van der Waals surface area contributed by atoms with Crippen molar-refractivity contribution in [2.24, 2.45) is 0 Å². The summed E-state index contributed by atoms with van der Waals surface area (Å²) in [5, 5.41) is 5.46. The minimum absolute atomic E-state index is 0.250. The molecule has 0 aromatic carbocycles. The van der Waals surface area contributed by atoms with Gasteiger partial charge in [-0.05, 0) is 13.0 Å². The molecule has 0 fully saturated rings. The third-order valence-corrected chi connectivity index (χ3v) is 3.34. The molecule has 6 heteroatoms. The molecule has 1 N–H and O–H groups in total. The van der Waals surface area contributed by atoms with E-state index >= 15 is 0 Å². The van der Waals surface area contributed by atoms with Gasteiger partial charge in [-0.1, -0.05) is 0 Å². The Balaban J connectivity index is 1.99. The minimum atomic E-state index is -0.250. The van der Waals surface area contributed by atoms with Gasteiger partial charge in [0.25, 0.3) is 5.91 Å². The number of carbonyl (C=O) groups is 1. The molecule has 0 bridgehead atoms. The number of nitrogens with zero attached hydrogens (tertiary/aromatic N) is 1. The van der Waals surface area contributed by atoms with Gasteiger partial charge in [0, 0.05) is 17.1 Å². The monoisotopic (exact) mass is 270 g/mol. The van der Waals surface area contributed by atoms with E-state index in [1.165, 1.54) is 11.3 Å². The molecule has 4 nitrogen and oxygen atoms in total. The quantitative estimate of drug-likeness (QED) is 0.869. The van der Waals surface area contributed by atoms with E-state index in [0.29, 0.717) is 18.2 Å². The maximum Gasteiger partial charge on any atom is 0.287 e. The first-order valence-electron chi connectivity index (χ1n) is 5.02. The maximum atomic E-state index is 11.8.